The molecule has 1 aliphatic heterocycles. The molecule has 1 aromatic carbocycles. The van der Waals surface area contributed by atoms with Crippen LogP contribution in [-0.4, -0.2) is 46.8 Å². The second-order valence-corrected chi connectivity index (χ2v) is 7.15. The van der Waals surface area contributed by atoms with Crippen molar-refractivity contribution in [1.82, 2.24) is 4.90 Å². The molecule has 0 spiro atoms. The molecule has 0 N–H and O–H groups in total. The lowest BCUT2D eigenvalue weighted by Crippen LogP contribution is -2.47. The van der Waals surface area contributed by atoms with Crippen molar-refractivity contribution in [3.8, 4) is 0 Å². The molecule has 2 rings (SSSR count). The topological polar surface area (TPSA) is 84.0 Å². The van der Waals surface area contributed by atoms with Crippen LogP contribution < -0.4 is 4.90 Å². The van der Waals surface area contributed by atoms with Gasteiger partial charge in [-0.1, -0.05) is 6.07 Å². The van der Waals surface area contributed by atoms with Gasteiger partial charge in [-0.25, -0.2) is 4.79 Å². The maximum Gasteiger partial charge on any atom is 0.338 e. The number of carbonyl (C=O) groups excluding carboxylic acids is 4. The third kappa shape index (κ3) is 4.53. The number of esters is 1. The van der Waals surface area contributed by atoms with Gasteiger partial charge in [0.1, 0.15) is 0 Å². The molecule has 1 atom stereocenters. The highest BCUT2D eigenvalue weighted by Crippen LogP contribution is 2.24. The van der Waals surface area contributed by atoms with Crippen LogP contribution in [-0.2, 0) is 19.1 Å². The van der Waals surface area contributed by atoms with Crippen molar-refractivity contribution in [3.63, 3.8) is 0 Å². The van der Waals surface area contributed by atoms with Crippen molar-refractivity contribution in [1.29, 1.82) is 0 Å². The summed E-state index contributed by atoms with van der Waals surface area (Å²) in [5.41, 5.74) is 0.516. The molecule has 0 saturated carbocycles. The van der Waals surface area contributed by atoms with E-state index in [0.717, 1.165) is 4.90 Å². The normalized spacial score (nSPS) is 15.4. The quantitative estimate of drug-likeness (QED) is 0.564. The molecule has 146 valence electrons. The van der Waals surface area contributed by atoms with E-state index in [0.29, 0.717) is 5.69 Å². The molecule has 1 aliphatic rings. The Labute approximate surface area is 159 Å². The number of hydrogen-bond donors (Lipinski definition) is 0. The molecule has 27 heavy (non-hydrogen) atoms. The fourth-order valence-corrected chi connectivity index (χ4v) is 3.23. The van der Waals surface area contributed by atoms with Crippen molar-refractivity contribution in [3.05, 3.63) is 29.8 Å². The average molecular weight is 374 g/mol. The first-order valence-electron chi connectivity index (χ1n) is 9.12. The zero-order chi connectivity index (χ0) is 20.3. The first-order valence-corrected chi connectivity index (χ1v) is 9.12. The molecule has 0 radical (unpaired) electrons. The van der Waals surface area contributed by atoms with Crippen LogP contribution in [0.4, 0.5) is 5.69 Å². The van der Waals surface area contributed by atoms with Crippen molar-refractivity contribution in [2.75, 3.05) is 4.90 Å². The Kier molecular flexibility index (Phi) is 6.36. The summed E-state index contributed by atoms with van der Waals surface area (Å²) in [6.07, 6.45) is -0.612. The van der Waals surface area contributed by atoms with Gasteiger partial charge >= 0.3 is 5.97 Å². The summed E-state index contributed by atoms with van der Waals surface area (Å²) in [6, 6.07) is 6.08. The number of carbonyl (C=O) groups is 4. The molecule has 1 aromatic rings. The van der Waals surface area contributed by atoms with Crippen LogP contribution in [0.15, 0.2) is 24.3 Å². The fourth-order valence-electron chi connectivity index (χ4n) is 3.23. The van der Waals surface area contributed by atoms with Crippen LogP contribution in [0.3, 0.4) is 0 Å². The highest BCUT2D eigenvalue weighted by atomic mass is 16.5. The van der Waals surface area contributed by atoms with Gasteiger partial charge in [0, 0.05) is 24.9 Å². The van der Waals surface area contributed by atoms with Crippen LogP contribution >= 0.6 is 0 Å². The summed E-state index contributed by atoms with van der Waals surface area (Å²) in [5, 5.41) is 0. The number of anilines is 1. The van der Waals surface area contributed by atoms with E-state index in [1.54, 1.807) is 17.0 Å². The predicted octanol–water partition coefficient (Wildman–Crippen LogP) is 2.53. The van der Waals surface area contributed by atoms with Gasteiger partial charge in [0.05, 0.1) is 11.3 Å². The van der Waals surface area contributed by atoms with Gasteiger partial charge in [0.15, 0.2) is 6.10 Å². The minimum atomic E-state index is -0.944. The zero-order valence-corrected chi connectivity index (χ0v) is 16.4. The van der Waals surface area contributed by atoms with Gasteiger partial charge in [-0.05, 0) is 52.8 Å². The average Bonchev–Trinajstić information content (AvgIpc) is 2.92. The largest absolute Gasteiger partial charge is 0.449 e. The molecule has 0 unspecified atom stereocenters. The third-order valence-electron chi connectivity index (χ3n) is 4.39. The van der Waals surface area contributed by atoms with E-state index >= 15 is 0 Å². The SMILES string of the molecule is CC(C)N(C(=O)[C@@H](C)OC(=O)c1cccc(N2C(=O)CCC2=O)c1)C(C)C. The molecule has 0 aliphatic carbocycles. The van der Waals surface area contributed by atoms with Crippen LogP contribution in [0.5, 0.6) is 0 Å². The molecule has 1 fully saturated rings. The Bertz CT molecular complexity index is 732. The molecular formula is C20H26N2O5. The number of amides is 3. The number of hydrogen-bond acceptors (Lipinski definition) is 5. The second kappa shape index (κ2) is 8.33. The van der Waals surface area contributed by atoms with E-state index < -0.39 is 12.1 Å². The number of ether oxygens (including phenoxy) is 1. The maximum atomic E-state index is 12.6. The predicted molar refractivity (Wildman–Crippen MR) is 100 cm³/mol. The van der Waals surface area contributed by atoms with Crippen molar-refractivity contribution >= 4 is 29.4 Å². The number of benzene rings is 1. The van der Waals surface area contributed by atoms with Crippen LogP contribution in [0.1, 0.15) is 57.8 Å². The zero-order valence-electron chi connectivity index (χ0n) is 16.4. The Morgan fingerprint density at radius 1 is 1.00 bits per heavy atom. The van der Waals surface area contributed by atoms with E-state index in [-0.39, 0.29) is 48.2 Å². The molecule has 0 bridgehead atoms. The van der Waals surface area contributed by atoms with E-state index in [1.807, 2.05) is 27.7 Å². The van der Waals surface area contributed by atoms with E-state index in [9.17, 15) is 19.2 Å². The van der Waals surface area contributed by atoms with E-state index in [1.165, 1.54) is 19.1 Å². The Balaban J connectivity index is 2.14. The fraction of sp³-hybridized carbons (Fsp3) is 0.500. The highest BCUT2D eigenvalue weighted by molar-refractivity contribution is 6.20. The maximum absolute atomic E-state index is 12.6. The lowest BCUT2D eigenvalue weighted by atomic mass is 10.1. The Morgan fingerprint density at radius 3 is 2.07 bits per heavy atom. The Morgan fingerprint density at radius 2 is 1.56 bits per heavy atom. The molecule has 3 amide bonds. The van der Waals surface area contributed by atoms with Crippen LogP contribution in [0.2, 0.25) is 0 Å². The smallest absolute Gasteiger partial charge is 0.338 e. The summed E-state index contributed by atoms with van der Waals surface area (Å²) in [5.74, 6) is -1.53. The summed E-state index contributed by atoms with van der Waals surface area (Å²) in [7, 11) is 0. The lowest BCUT2D eigenvalue weighted by molar-refractivity contribution is -0.143. The summed E-state index contributed by atoms with van der Waals surface area (Å²) in [4.78, 5) is 51.6. The van der Waals surface area contributed by atoms with Gasteiger partial charge in [-0.15, -0.1) is 0 Å². The second-order valence-electron chi connectivity index (χ2n) is 7.15. The molecular weight excluding hydrogens is 348 g/mol. The molecule has 1 heterocycles. The van der Waals surface area contributed by atoms with Crippen LogP contribution in [0, 0.1) is 0 Å². The Hall–Kier alpha value is -2.70. The highest BCUT2D eigenvalue weighted by Gasteiger charge is 2.31. The monoisotopic (exact) mass is 374 g/mol. The number of rotatable bonds is 6. The van der Waals surface area contributed by atoms with Gasteiger partial charge in [-0.2, -0.15) is 0 Å². The summed E-state index contributed by atoms with van der Waals surface area (Å²) >= 11 is 0. The number of imide groups is 1. The van der Waals surface area contributed by atoms with Gasteiger partial charge in [-0.3, -0.25) is 19.3 Å². The first kappa shape index (κ1) is 20.6. The first-order chi connectivity index (χ1) is 12.6. The van der Waals surface area contributed by atoms with Gasteiger partial charge < -0.3 is 9.64 Å². The van der Waals surface area contributed by atoms with Gasteiger partial charge in [0.25, 0.3) is 5.91 Å². The molecule has 1 saturated heterocycles. The van der Waals surface area contributed by atoms with E-state index in [2.05, 4.69) is 0 Å². The van der Waals surface area contributed by atoms with Crippen molar-refractivity contribution in [2.24, 2.45) is 0 Å². The molecule has 7 heteroatoms. The van der Waals surface area contributed by atoms with Crippen LogP contribution in [0.25, 0.3) is 0 Å². The number of nitrogens with zero attached hydrogens (tertiary/aromatic N) is 2. The minimum absolute atomic E-state index is 0.0193. The van der Waals surface area contributed by atoms with Gasteiger partial charge in [0.2, 0.25) is 11.8 Å². The standard InChI is InChI=1S/C20H26N2O5/c1-12(2)21(13(3)4)19(25)14(5)27-20(26)15-7-6-8-16(11-15)22-17(23)9-10-18(22)24/h6-8,11-14H,9-10H2,1-5H3/t14-/m1/s1. The minimum Gasteiger partial charge on any atom is -0.449 e. The molecule has 7 nitrogen and oxygen atoms in total. The van der Waals surface area contributed by atoms with Crippen molar-refractivity contribution in [2.45, 2.75) is 65.6 Å². The summed E-state index contributed by atoms with van der Waals surface area (Å²) in [6.45, 7) is 9.15. The van der Waals surface area contributed by atoms with E-state index in [4.69, 9.17) is 4.74 Å². The molecule has 0 aromatic heterocycles. The lowest BCUT2D eigenvalue weighted by Gasteiger charge is -2.32. The third-order valence-corrected chi connectivity index (χ3v) is 4.39. The summed E-state index contributed by atoms with van der Waals surface area (Å²) < 4.78 is 5.33. The van der Waals surface area contributed by atoms with Crippen molar-refractivity contribution < 1.29 is 23.9 Å².